The zero-order valence-electron chi connectivity index (χ0n) is 16.4. The van der Waals surface area contributed by atoms with E-state index in [2.05, 4.69) is 10.2 Å². The van der Waals surface area contributed by atoms with Gasteiger partial charge in [-0.05, 0) is 32.4 Å². The normalized spacial score (nSPS) is 22.4. The minimum absolute atomic E-state index is 0.0141. The average Bonchev–Trinajstić information content (AvgIpc) is 2.68. The second kappa shape index (κ2) is 9.35. The minimum atomic E-state index is -0.106. The molecule has 6 nitrogen and oxygen atoms in total. The number of fused-ring (bicyclic) bond motifs is 1. The van der Waals surface area contributed by atoms with E-state index in [9.17, 15) is 4.79 Å². The van der Waals surface area contributed by atoms with Crippen molar-refractivity contribution in [3.8, 4) is 5.75 Å². The summed E-state index contributed by atoms with van der Waals surface area (Å²) in [7, 11) is 1.70. The maximum Gasteiger partial charge on any atom is 0.255 e. The summed E-state index contributed by atoms with van der Waals surface area (Å²) in [6.07, 6.45) is 4.99. The Morgan fingerprint density at radius 2 is 2.26 bits per heavy atom. The van der Waals surface area contributed by atoms with Gasteiger partial charge in [0.15, 0.2) is 0 Å². The first kappa shape index (κ1) is 19.9. The molecule has 1 fully saturated rings. The quantitative estimate of drug-likeness (QED) is 0.794. The number of nitrogens with one attached hydrogen (secondary N) is 1. The molecule has 1 N–H and O–H groups in total. The molecule has 1 saturated heterocycles. The molecule has 0 aromatic heterocycles. The van der Waals surface area contributed by atoms with Gasteiger partial charge in [0, 0.05) is 32.3 Å². The van der Waals surface area contributed by atoms with E-state index in [-0.39, 0.29) is 24.2 Å². The number of hydrogen-bond acceptors (Lipinski definition) is 5. The van der Waals surface area contributed by atoms with Crippen molar-refractivity contribution in [2.24, 2.45) is 0 Å². The number of amides is 1. The van der Waals surface area contributed by atoms with Gasteiger partial charge in [0.1, 0.15) is 12.4 Å². The number of ether oxygens (including phenoxy) is 3. The van der Waals surface area contributed by atoms with Crippen LogP contribution in [-0.2, 0) is 9.47 Å². The monoisotopic (exact) mass is 374 g/mol. The molecule has 27 heavy (non-hydrogen) atoms. The van der Waals surface area contributed by atoms with Gasteiger partial charge in [-0.2, -0.15) is 0 Å². The molecule has 0 bridgehead atoms. The highest BCUT2D eigenvalue weighted by molar-refractivity contribution is 5.98. The average molecular weight is 374 g/mol. The van der Waals surface area contributed by atoms with Gasteiger partial charge < -0.3 is 19.5 Å². The summed E-state index contributed by atoms with van der Waals surface area (Å²) < 4.78 is 17.0. The van der Waals surface area contributed by atoms with Crippen LogP contribution in [0.4, 0.5) is 0 Å². The predicted molar refractivity (Wildman–Crippen MR) is 105 cm³/mol. The van der Waals surface area contributed by atoms with Crippen molar-refractivity contribution in [3.63, 3.8) is 0 Å². The molecule has 1 aromatic rings. The lowest BCUT2D eigenvalue weighted by Gasteiger charge is -2.38. The Morgan fingerprint density at radius 1 is 1.41 bits per heavy atom. The zero-order valence-corrected chi connectivity index (χ0v) is 16.4. The van der Waals surface area contributed by atoms with Gasteiger partial charge in [-0.3, -0.25) is 9.69 Å². The van der Waals surface area contributed by atoms with Crippen LogP contribution < -0.4 is 10.1 Å². The molecule has 2 heterocycles. The summed E-state index contributed by atoms with van der Waals surface area (Å²) in [5.74, 6) is 0.556. The lowest BCUT2D eigenvalue weighted by Crippen LogP contribution is -2.55. The number of piperidine rings is 1. The van der Waals surface area contributed by atoms with Crippen LogP contribution in [0.25, 0.3) is 6.08 Å². The first-order chi connectivity index (χ1) is 13.1. The fourth-order valence-corrected chi connectivity index (χ4v) is 3.58. The second-order valence-corrected chi connectivity index (χ2v) is 7.30. The molecule has 0 saturated carbocycles. The van der Waals surface area contributed by atoms with Crippen LogP contribution in [0.5, 0.6) is 5.75 Å². The number of methoxy groups -OCH3 is 1. The van der Waals surface area contributed by atoms with Crippen LogP contribution in [0.2, 0.25) is 0 Å². The zero-order chi connectivity index (χ0) is 19.2. The third-order valence-electron chi connectivity index (χ3n) is 5.03. The van der Waals surface area contributed by atoms with E-state index in [4.69, 9.17) is 14.2 Å². The molecular weight excluding hydrogens is 344 g/mol. The van der Waals surface area contributed by atoms with Gasteiger partial charge in [0.25, 0.3) is 5.91 Å². The molecular formula is C21H30N2O4. The van der Waals surface area contributed by atoms with E-state index < -0.39 is 0 Å². The van der Waals surface area contributed by atoms with Crippen LogP contribution in [0.15, 0.2) is 24.3 Å². The van der Waals surface area contributed by atoms with E-state index in [1.807, 2.05) is 44.2 Å². The van der Waals surface area contributed by atoms with Crippen molar-refractivity contribution >= 4 is 12.0 Å². The number of hydrogen-bond donors (Lipinski definition) is 1. The van der Waals surface area contributed by atoms with Crippen molar-refractivity contribution in [2.45, 2.75) is 38.5 Å². The van der Waals surface area contributed by atoms with E-state index in [1.54, 1.807) is 7.11 Å². The molecule has 2 unspecified atom stereocenters. The fraction of sp³-hybridized carbons (Fsp3) is 0.571. The molecule has 0 aliphatic carbocycles. The van der Waals surface area contributed by atoms with E-state index >= 15 is 0 Å². The molecule has 2 aliphatic heterocycles. The molecule has 1 aromatic carbocycles. The Kier molecular flexibility index (Phi) is 6.88. The molecule has 1 amide bonds. The molecule has 148 valence electrons. The smallest absolute Gasteiger partial charge is 0.255 e. The minimum Gasteiger partial charge on any atom is -0.488 e. The number of likely N-dealkylation sites (tertiary alicyclic amines) is 1. The predicted octanol–water partition coefficient (Wildman–Crippen LogP) is 2.34. The Hall–Kier alpha value is -1.89. The van der Waals surface area contributed by atoms with E-state index in [0.717, 1.165) is 31.6 Å². The number of carbonyl (C=O) groups is 1. The van der Waals surface area contributed by atoms with Gasteiger partial charge >= 0.3 is 0 Å². The van der Waals surface area contributed by atoms with E-state index in [0.29, 0.717) is 24.5 Å². The summed E-state index contributed by atoms with van der Waals surface area (Å²) in [6, 6.07) is 5.64. The Bertz CT molecular complexity index is 674. The maximum atomic E-state index is 12.9. The Morgan fingerprint density at radius 3 is 3.04 bits per heavy atom. The van der Waals surface area contributed by atoms with Gasteiger partial charge in [-0.15, -0.1) is 0 Å². The Balaban J connectivity index is 1.59. The van der Waals surface area contributed by atoms with Crippen LogP contribution in [0.1, 0.15) is 36.2 Å². The van der Waals surface area contributed by atoms with Gasteiger partial charge in [0.05, 0.1) is 30.4 Å². The summed E-state index contributed by atoms with van der Waals surface area (Å²) >= 11 is 0. The lowest BCUT2D eigenvalue weighted by atomic mass is 10.00. The van der Waals surface area contributed by atoms with Crippen LogP contribution in [-0.4, -0.2) is 69.0 Å². The number of rotatable bonds is 7. The topological polar surface area (TPSA) is 60.0 Å². The first-order valence-corrected chi connectivity index (χ1v) is 9.68. The van der Waals surface area contributed by atoms with Crippen molar-refractivity contribution < 1.29 is 19.0 Å². The summed E-state index contributed by atoms with van der Waals surface area (Å²) in [4.78, 5) is 15.2. The largest absolute Gasteiger partial charge is 0.488 e. The van der Waals surface area contributed by atoms with Crippen molar-refractivity contribution in [3.05, 3.63) is 35.4 Å². The highest BCUT2D eigenvalue weighted by Gasteiger charge is 2.31. The summed E-state index contributed by atoms with van der Waals surface area (Å²) in [6.45, 7) is 7.88. The maximum absolute atomic E-state index is 12.9. The van der Waals surface area contributed by atoms with Crippen molar-refractivity contribution in [1.29, 1.82) is 0 Å². The van der Waals surface area contributed by atoms with E-state index in [1.165, 1.54) is 0 Å². The SMILES string of the molecule is COC1CN(CCOC(C)C)CCC1NC(=O)c1cccc2c1OCC=C2. The number of para-hydroxylation sites is 1. The van der Waals surface area contributed by atoms with Gasteiger partial charge in [0.2, 0.25) is 0 Å². The van der Waals surface area contributed by atoms with Crippen LogP contribution in [0.3, 0.4) is 0 Å². The second-order valence-electron chi connectivity index (χ2n) is 7.30. The number of nitrogens with zero attached hydrogens (tertiary/aromatic N) is 1. The lowest BCUT2D eigenvalue weighted by molar-refractivity contribution is -0.00854. The first-order valence-electron chi connectivity index (χ1n) is 9.68. The van der Waals surface area contributed by atoms with Crippen LogP contribution in [0, 0.1) is 0 Å². The summed E-state index contributed by atoms with van der Waals surface area (Å²) in [5.41, 5.74) is 1.52. The Labute approximate surface area is 161 Å². The third kappa shape index (κ3) is 5.09. The standard InChI is InChI=1S/C21H30N2O4/c1-15(2)26-13-11-23-10-9-18(19(14-23)25-3)22-21(24)17-8-4-6-16-7-5-12-27-20(16)17/h4-8,15,18-19H,9-14H2,1-3H3,(H,22,24). The molecule has 3 rings (SSSR count). The number of carbonyl (C=O) groups excluding carboxylic acids is 1. The van der Waals surface area contributed by atoms with Crippen LogP contribution >= 0.6 is 0 Å². The fourth-order valence-electron chi connectivity index (χ4n) is 3.58. The molecule has 0 spiro atoms. The molecule has 6 heteroatoms. The third-order valence-corrected chi connectivity index (χ3v) is 5.03. The highest BCUT2D eigenvalue weighted by Crippen LogP contribution is 2.28. The molecule has 2 aliphatic rings. The summed E-state index contributed by atoms with van der Waals surface area (Å²) in [5, 5.41) is 3.16. The number of benzene rings is 1. The van der Waals surface area contributed by atoms with Gasteiger partial charge in [-0.25, -0.2) is 0 Å². The highest BCUT2D eigenvalue weighted by atomic mass is 16.5. The molecule has 2 atom stereocenters. The van der Waals surface area contributed by atoms with Crippen molar-refractivity contribution in [2.75, 3.05) is 40.0 Å². The molecule has 0 radical (unpaired) electrons. The van der Waals surface area contributed by atoms with Crippen molar-refractivity contribution in [1.82, 2.24) is 10.2 Å². The van der Waals surface area contributed by atoms with Gasteiger partial charge in [-0.1, -0.05) is 18.2 Å².